The van der Waals surface area contributed by atoms with E-state index in [2.05, 4.69) is 10.3 Å². The maximum Gasteiger partial charge on any atom is 0.262 e. The average molecular weight is 276 g/mol. The number of hydrogen-bond donors (Lipinski definition) is 2. The summed E-state index contributed by atoms with van der Waals surface area (Å²) in [6.07, 6.45) is 0. The van der Waals surface area contributed by atoms with Crippen molar-refractivity contribution in [3.8, 4) is 16.3 Å². The summed E-state index contributed by atoms with van der Waals surface area (Å²) in [6.45, 7) is 1.92. The van der Waals surface area contributed by atoms with Gasteiger partial charge in [-0.1, -0.05) is 0 Å². The number of nitrogens with zero attached hydrogens (tertiary/aromatic N) is 1. The second-order valence-electron chi connectivity index (χ2n) is 4.31. The largest absolute Gasteiger partial charge is 0.481 e. The van der Waals surface area contributed by atoms with Crippen molar-refractivity contribution in [2.75, 3.05) is 11.9 Å². The Bertz CT molecular complexity index is 651. The van der Waals surface area contributed by atoms with Gasteiger partial charge in [-0.3, -0.25) is 4.79 Å². The van der Waals surface area contributed by atoms with Gasteiger partial charge in [0.15, 0.2) is 6.61 Å². The molecule has 0 radical (unpaired) electrons. The van der Waals surface area contributed by atoms with E-state index in [1.807, 2.05) is 24.4 Å². The number of aromatic nitrogens is 1. The number of carbonyl (C=O) groups is 1. The number of aliphatic hydroxyl groups is 1. The molecule has 1 amide bonds. The molecule has 0 bridgehead atoms. The van der Waals surface area contributed by atoms with E-state index < -0.39 is 0 Å². The summed E-state index contributed by atoms with van der Waals surface area (Å²) in [4.78, 5) is 15.7. The number of ether oxygens (including phenoxy) is 1. The number of rotatable bonds is 2. The molecule has 19 heavy (non-hydrogen) atoms. The number of amides is 1. The first-order chi connectivity index (χ1) is 9.17. The third-order valence-electron chi connectivity index (χ3n) is 2.86. The molecule has 2 aromatic rings. The van der Waals surface area contributed by atoms with Gasteiger partial charge in [-0.2, -0.15) is 0 Å². The number of aryl methyl sites for hydroxylation is 1. The number of anilines is 1. The van der Waals surface area contributed by atoms with E-state index in [0.29, 0.717) is 17.1 Å². The number of carbonyl (C=O) groups excluding carboxylic acids is 1. The fraction of sp³-hybridized carbons (Fsp3) is 0.231. The summed E-state index contributed by atoms with van der Waals surface area (Å²) in [5.74, 6) is 0.557. The highest BCUT2D eigenvalue weighted by atomic mass is 32.1. The van der Waals surface area contributed by atoms with Crippen LogP contribution in [-0.2, 0) is 11.4 Å². The first-order valence-electron chi connectivity index (χ1n) is 5.80. The lowest BCUT2D eigenvalue weighted by Gasteiger charge is -2.20. The van der Waals surface area contributed by atoms with Crippen molar-refractivity contribution < 1.29 is 14.6 Å². The summed E-state index contributed by atoms with van der Waals surface area (Å²) in [5, 5.41) is 14.5. The Balaban J connectivity index is 2.06. The van der Waals surface area contributed by atoms with Gasteiger partial charge in [0.1, 0.15) is 10.8 Å². The molecule has 0 unspecified atom stereocenters. The predicted molar refractivity (Wildman–Crippen MR) is 72.3 cm³/mol. The normalized spacial score (nSPS) is 13.7. The minimum Gasteiger partial charge on any atom is -0.481 e. The predicted octanol–water partition coefficient (Wildman–Crippen LogP) is 1.94. The van der Waals surface area contributed by atoms with Gasteiger partial charge >= 0.3 is 0 Å². The van der Waals surface area contributed by atoms with Crippen LogP contribution >= 0.6 is 11.3 Å². The van der Waals surface area contributed by atoms with Crippen LogP contribution in [0.25, 0.3) is 10.6 Å². The van der Waals surface area contributed by atoms with Gasteiger partial charge in [0.25, 0.3) is 5.91 Å². The number of aliphatic hydroxyl groups excluding tert-OH is 1. The zero-order chi connectivity index (χ0) is 13.4. The van der Waals surface area contributed by atoms with Crippen LogP contribution in [0.3, 0.4) is 0 Å². The first-order valence-corrected chi connectivity index (χ1v) is 6.68. The molecule has 1 aromatic carbocycles. The summed E-state index contributed by atoms with van der Waals surface area (Å²) < 4.78 is 5.41. The highest BCUT2D eigenvalue weighted by molar-refractivity contribution is 7.13. The molecule has 1 aromatic heterocycles. The number of thiazole rings is 1. The van der Waals surface area contributed by atoms with Crippen LogP contribution in [0.5, 0.6) is 5.75 Å². The van der Waals surface area contributed by atoms with Crippen LogP contribution in [0.4, 0.5) is 5.69 Å². The topological polar surface area (TPSA) is 71.5 Å². The van der Waals surface area contributed by atoms with Crippen molar-refractivity contribution in [3.63, 3.8) is 0 Å². The summed E-state index contributed by atoms with van der Waals surface area (Å²) in [6, 6.07) is 3.82. The van der Waals surface area contributed by atoms with E-state index in [1.165, 1.54) is 11.3 Å². The lowest BCUT2D eigenvalue weighted by molar-refractivity contribution is -0.118. The molecule has 0 saturated heterocycles. The molecule has 5 nitrogen and oxygen atoms in total. The maximum absolute atomic E-state index is 11.4. The standard InChI is InChI=1S/C13H12N2O3S/c1-7-2-8(13-14-9(4-16)6-19-13)3-10-12(7)18-5-11(17)15-10/h2-3,6,16H,4-5H2,1H3,(H,15,17). The SMILES string of the molecule is Cc1cc(-c2nc(CO)cs2)cc2c1OCC(=O)N2. The summed E-state index contributed by atoms with van der Waals surface area (Å²) >= 11 is 1.46. The monoisotopic (exact) mass is 276 g/mol. The molecule has 3 rings (SSSR count). The van der Waals surface area contributed by atoms with Gasteiger partial charge in [0, 0.05) is 10.9 Å². The first kappa shape index (κ1) is 12.1. The van der Waals surface area contributed by atoms with E-state index in [4.69, 9.17) is 9.84 Å². The fourth-order valence-electron chi connectivity index (χ4n) is 2.02. The van der Waals surface area contributed by atoms with Crippen molar-refractivity contribution in [1.82, 2.24) is 4.98 Å². The Morgan fingerprint density at radius 1 is 1.53 bits per heavy atom. The lowest BCUT2D eigenvalue weighted by atomic mass is 10.1. The van der Waals surface area contributed by atoms with Gasteiger partial charge in [-0.15, -0.1) is 11.3 Å². The second kappa shape index (κ2) is 4.64. The highest BCUT2D eigenvalue weighted by Gasteiger charge is 2.19. The number of benzene rings is 1. The Kier molecular flexibility index (Phi) is 2.96. The fourth-order valence-corrected chi connectivity index (χ4v) is 2.82. The number of fused-ring (bicyclic) bond motifs is 1. The molecular weight excluding hydrogens is 264 g/mol. The van der Waals surface area contributed by atoms with Crippen LogP contribution in [0.15, 0.2) is 17.5 Å². The molecule has 0 fully saturated rings. The minimum absolute atomic E-state index is 0.0547. The molecule has 1 aliphatic heterocycles. The maximum atomic E-state index is 11.4. The molecule has 1 aliphatic rings. The lowest BCUT2D eigenvalue weighted by Crippen LogP contribution is -2.25. The summed E-state index contributed by atoms with van der Waals surface area (Å²) in [5.41, 5.74) is 3.18. The summed E-state index contributed by atoms with van der Waals surface area (Å²) in [7, 11) is 0. The van der Waals surface area contributed by atoms with E-state index >= 15 is 0 Å². The Morgan fingerprint density at radius 3 is 3.11 bits per heavy atom. The van der Waals surface area contributed by atoms with Crippen molar-refractivity contribution in [3.05, 3.63) is 28.8 Å². The van der Waals surface area contributed by atoms with Gasteiger partial charge in [0.05, 0.1) is 18.0 Å². The van der Waals surface area contributed by atoms with Crippen molar-refractivity contribution >= 4 is 22.9 Å². The molecule has 2 heterocycles. The van der Waals surface area contributed by atoms with Crippen molar-refractivity contribution in [2.45, 2.75) is 13.5 Å². The van der Waals surface area contributed by atoms with Crippen LogP contribution < -0.4 is 10.1 Å². The number of nitrogens with one attached hydrogen (secondary N) is 1. The minimum atomic E-state index is -0.153. The van der Waals surface area contributed by atoms with E-state index in [1.54, 1.807) is 0 Å². The smallest absolute Gasteiger partial charge is 0.262 e. The van der Waals surface area contributed by atoms with Gasteiger partial charge < -0.3 is 15.2 Å². The van der Waals surface area contributed by atoms with E-state index in [-0.39, 0.29) is 19.1 Å². The third kappa shape index (κ3) is 2.20. The molecule has 98 valence electrons. The van der Waals surface area contributed by atoms with Crippen molar-refractivity contribution in [2.24, 2.45) is 0 Å². The van der Waals surface area contributed by atoms with Gasteiger partial charge in [-0.25, -0.2) is 4.98 Å². The molecule has 0 aliphatic carbocycles. The molecule has 0 atom stereocenters. The Labute approximate surface area is 113 Å². The van der Waals surface area contributed by atoms with Gasteiger partial charge in [-0.05, 0) is 24.6 Å². The van der Waals surface area contributed by atoms with Crippen molar-refractivity contribution in [1.29, 1.82) is 0 Å². The zero-order valence-corrected chi connectivity index (χ0v) is 11.1. The second-order valence-corrected chi connectivity index (χ2v) is 5.17. The highest BCUT2D eigenvalue weighted by Crippen LogP contribution is 2.36. The van der Waals surface area contributed by atoms with E-state index in [0.717, 1.165) is 16.1 Å². The van der Waals surface area contributed by atoms with Crippen LogP contribution in [0.1, 0.15) is 11.3 Å². The molecule has 0 spiro atoms. The van der Waals surface area contributed by atoms with Crippen LogP contribution in [0.2, 0.25) is 0 Å². The molecular formula is C13H12N2O3S. The zero-order valence-electron chi connectivity index (χ0n) is 10.3. The molecule has 2 N–H and O–H groups in total. The third-order valence-corrected chi connectivity index (χ3v) is 3.80. The Hall–Kier alpha value is -1.92. The molecule has 0 saturated carbocycles. The van der Waals surface area contributed by atoms with E-state index in [9.17, 15) is 4.79 Å². The number of hydrogen-bond acceptors (Lipinski definition) is 5. The van der Waals surface area contributed by atoms with Crippen LogP contribution in [0, 0.1) is 6.92 Å². The average Bonchev–Trinajstić information content (AvgIpc) is 2.86. The van der Waals surface area contributed by atoms with Gasteiger partial charge in [0.2, 0.25) is 0 Å². The van der Waals surface area contributed by atoms with Crippen LogP contribution in [-0.4, -0.2) is 22.6 Å². The quantitative estimate of drug-likeness (QED) is 0.879. The Morgan fingerprint density at radius 2 is 2.37 bits per heavy atom. The molecule has 6 heteroatoms.